The summed E-state index contributed by atoms with van der Waals surface area (Å²) in [5.41, 5.74) is 0.824. The molecule has 0 saturated carbocycles. The van der Waals surface area contributed by atoms with Gasteiger partial charge in [0.1, 0.15) is 5.82 Å². The number of halogens is 1. The average molecular weight is 285 g/mol. The van der Waals surface area contributed by atoms with Gasteiger partial charge < -0.3 is 10.6 Å². The molecule has 2 aromatic heterocycles. The SMILES string of the molecule is O=C(NCc1nnc2ccccn12)Nc1ccccc1F. The van der Waals surface area contributed by atoms with Crippen LogP contribution in [0.15, 0.2) is 48.7 Å². The van der Waals surface area contributed by atoms with Crippen LogP contribution in [0.1, 0.15) is 5.82 Å². The molecule has 0 unspecified atom stereocenters. The Bertz CT molecular complexity index is 786. The van der Waals surface area contributed by atoms with Gasteiger partial charge in [-0.25, -0.2) is 9.18 Å². The minimum atomic E-state index is -0.507. The molecule has 106 valence electrons. The Morgan fingerprint density at radius 3 is 2.81 bits per heavy atom. The molecule has 2 heterocycles. The van der Waals surface area contributed by atoms with E-state index < -0.39 is 11.8 Å². The van der Waals surface area contributed by atoms with Crippen molar-refractivity contribution < 1.29 is 9.18 Å². The highest BCUT2D eigenvalue weighted by Crippen LogP contribution is 2.11. The zero-order chi connectivity index (χ0) is 14.7. The molecule has 0 fully saturated rings. The van der Waals surface area contributed by atoms with E-state index in [1.54, 1.807) is 22.7 Å². The second-order valence-corrected chi connectivity index (χ2v) is 4.33. The normalized spacial score (nSPS) is 10.5. The molecule has 0 saturated heterocycles. The number of rotatable bonds is 3. The van der Waals surface area contributed by atoms with Crippen molar-refractivity contribution in [2.24, 2.45) is 0 Å². The van der Waals surface area contributed by atoms with E-state index in [-0.39, 0.29) is 12.2 Å². The molecule has 0 aliphatic rings. The van der Waals surface area contributed by atoms with Gasteiger partial charge in [-0.15, -0.1) is 10.2 Å². The maximum absolute atomic E-state index is 13.4. The first kappa shape index (κ1) is 13.0. The third-order valence-corrected chi connectivity index (χ3v) is 2.91. The Morgan fingerprint density at radius 2 is 1.95 bits per heavy atom. The van der Waals surface area contributed by atoms with Crippen LogP contribution in [0, 0.1) is 5.82 Å². The molecule has 0 spiro atoms. The number of anilines is 1. The number of hydrogen-bond donors (Lipinski definition) is 2. The summed E-state index contributed by atoms with van der Waals surface area (Å²) in [6.07, 6.45) is 1.81. The molecule has 0 aliphatic carbocycles. The Kier molecular flexibility index (Phi) is 3.46. The van der Waals surface area contributed by atoms with Gasteiger partial charge in [-0.05, 0) is 24.3 Å². The predicted molar refractivity (Wildman–Crippen MR) is 75.2 cm³/mol. The molecule has 2 amide bonds. The summed E-state index contributed by atoms with van der Waals surface area (Å²) in [6.45, 7) is 0.186. The zero-order valence-electron chi connectivity index (χ0n) is 11.0. The number of fused-ring (bicyclic) bond motifs is 1. The van der Waals surface area contributed by atoms with Gasteiger partial charge in [-0.3, -0.25) is 4.40 Å². The van der Waals surface area contributed by atoms with Gasteiger partial charge in [-0.2, -0.15) is 0 Å². The van der Waals surface area contributed by atoms with Crippen LogP contribution in [0.4, 0.5) is 14.9 Å². The van der Waals surface area contributed by atoms with Crippen LogP contribution in [0.2, 0.25) is 0 Å². The number of carbonyl (C=O) groups excluding carboxylic acids is 1. The highest BCUT2D eigenvalue weighted by molar-refractivity contribution is 5.89. The number of hydrogen-bond acceptors (Lipinski definition) is 3. The summed E-state index contributed by atoms with van der Waals surface area (Å²) < 4.78 is 15.2. The summed E-state index contributed by atoms with van der Waals surface area (Å²) in [4.78, 5) is 11.7. The lowest BCUT2D eigenvalue weighted by molar-refractivity contribution is 0.251. The number of pyridine rings is 1. The van der Waals surface area contributed by atoms with Crippen LogP contribution in [-0.4, -0.2) is 20.6 Å². The fourth-order valence-electron chi connectivity index (χ4n) is 1.90. The maximum Gasteiger partial charge on any atom is 0.319 e. The Hall–Kier alpha value is -2.96. The summed E-state index contributed by atoms with van der Waals surface area (Å²) in [6, 6.07) is 11.0. The number of carbonyl (C=O) groups is 1. The molecule has 3 aromatic rings. The summed E-state index contributed by atoms with van der Waals surface area (Å²) >= 11 is 0. The fourth-order valence-corrected chi connectivity index (χ4v) is 1.90. The van der Waals surface area contributed by atoms with E-state index >= 15 is 0 Å². The molecule has 6 nitrogen and oxygen atoms in total. The molecular formula is C14H12FN5O. The minimum absolute atomic E-state index is 0.126. The predicted octanol–water partition coefficient (Wildman–Crippen LogP) is 2.19. The van der Waals surface area contributed by atoms with Gasteiger partial charge in [0.2, 0.25) is 0 Å². The molecule has 21 heavy (non-hydrogen) atoms. The van der Waals surface area contributed by atoms with Gasteiger partial charge in [0, 0.05) is 6.20 Å². The van der Waals surface area contributed by atoms with Crippen LogP contribution in [-0.2, 0) is 6.54 Å². The van der Waals surface area contributed by atoms with E-state index in [9.17, 15) is 9.18 Å². The lowest BCUT2D eigenvalue weighted by atomic mass is 10.3. The first-order valence-corrected chi connectivity index (χ1v) is 6.32. The second kappa shape index (κ2) is 5.58. The van der Waals surface area contributed by atoms with Crippen molar-refractivity contribution in [1.29, 1.82) is 0 Å². The van der Waals surface area contributed by atoms with Crippen LogP contribution in [0.3, 0.4) is 0 Å². The average Bonchev–Trinajstić information content (AvgIpc) is 2.91. The fraction of sp³-hybridized carbons (Fsp3) is 0.0714. The standard InChI is InChI=1S/C14H12FN5O/c15-10-5-1-2-6-11(10)17-14(21)16-9-13-19-18-12-7-3-4-8-20(12)13/h1-8H,9H2,(H2,16,17,21). The molecule has 3 rings (SSSR count). The van der Waals surface area contributed by atoms with E-state index in [2.05, 4.69) is 20.8 Å². The lowest BCUT2D eigenvalue weighted by Gasteiger charge is -2.07. The van der Waals surface area contributed by atoms with Crippen molar-refractivity contribution in [2.45, 2.75) is 6.54 Å². The minimum Gasteiger partial charge on any atom is -0.331 e. The third-order valence-electron chi connectivity index (χ3n) is 2.91. The van der Waals surface area contributed by atoms with Crippen molar-refractivity contribution in [3.05, 3.63) is 60.3 Å². The number of para-hydroxylation sites is 1. The van der Waals surface area contributed by atoms with Crippen molar-refractivity contribution >= 4 is 17.4 Å². The number of nitrogens with one attached hydrogen (secondary N) is 2. The highest BCUT2D eigenvalue weighted by atomic mass is 19.1. The Balaban J connectivity index is 1.65. The number of urea groups is 1. The van der Waals surface area contributed by atoms with Crippen LogP contribution in [0.25, 0.3) is 5.65 Å². The quantitative estimate of drug-likeness (QED) is 0.775. The first-order chi connectivity index (χ1) is 10.2. The lowest BCUT2D eigenvalue weighted by Crippen LogP contribution is -2.29. The van der Waals surface area contributed by atoms with Gasteiger partial charge in [0.05, 0.1) is 12.2 Å². The molecule has 2 N–H and O–H groups in total. The number of nitrogens with zero attached hydrogens (tertiary/aromatic N) is 3. The molecule has 0 radical (unpaired) electrons. The molecule has 7 heteroatoms. The Labute approximate surface area is 119 Å². The maximum atomic E-state index is 13.4. The monoisotopic (exact) mass is 285 g/mol. The van der Waals surface area contributed by atoms with Crippen molar-refractivity contribution in [1.82, 2.24) is 19.9 Å². The second-order valence-electron chi connectivity index (χ2n) is 4.33. The molecule has 1 aromatic carbocycles. The van der Waals surface area contributed by atoms with Gasteiger partial charge in [-0.1, -0.05) is 18.2 Å². The smallest absolute Gasteiger partial charge is 0.319 e. The largest absolute Gasteiger partial charge is 0.331 e. The van der Waals surface area contributed by atoms with E-state index in [1.807, 2.05) is 18.2 Å². The first-order valence-electron chi connectivity index (χ1n) is 6.32. The molecule has 0 atom stereocenters. The molecule has 0 bridgehead atoms. The van der Waals surface area contributed by atoms with Crippen LogP contribution < -0.4 is 10.6 Å². The van der Waals surface area contributed by atoms with Crippen LogP contribution in [0.5, 0.6) is 0 Å². The number of amides is 2. The highest BCUT2D eigenvalue weighted by Gasteiger charge is 2.08. The van der Waals surface area contributed by atoms with Gasteiger partial charge >= 0.3 is 6.03 Å². The topological polar surface area (TPSA) is 71.3 Å². The van der Waals surface area contributed by atoms with Gasteiger partial charge in [0.15, 0.2) is 11.5 Å². The number of benzene rings is 1. The van der Waals surface area contributed by atoms with Crippen molar-refractivity contribution in [3.8, 4) is 0 Å². The molecular weight excluding hydrogens is 273 g/mol. The van der Waals surface area contributed by atoms with E-state index in [4.69, 9.17) is 0 Å². The molecule has 0 aliphatic heterocycles. The van der Waals surface area contributed by atoms with Crippen molar-refractivity contribution in [2.75, 3.05) is 5.32 Å². The van der Waals surface area contributed by atoms with Crippen LogP contribution >= 0.6 is 0 Å². The summed E-state index contributed by atoms with van der Waals surface area (Å²) in [7, 11) is 0. The summed E-state index contributed by atoms with van der Waals surface area (Å²) in [5, 5.41) is 13.0. The Morgan fingerprint density at radius 1 is 1.14 bits per heavy atom. The summed E-state index contributed by atoms with van der Waals surface area (Å²) in [5.74, 6) is 0.106. The van der Waals surface area contributed by atoms with E-state index in [0.29, 0.717) is 11.5 Å². The van der Waals surface area contributed by atoms with E-state index in [0.717, 1.165) is 0 Å². The van der Waals surface area contributed by atoms with Crippen molar-refractivity contribution in [3.63, 3.8) is 0 Å². The third kappa shape index (κ3) is 2.81. The van der Waals surface area contributed by atoms with Gasteiger partial charge in [0.25, 0.3) is 0 Å². The van der Waals surface area contributed by atoms with E-state index in [1.165, 1.54) is 12.1 Å². The zero-order valence-corrected chi connectivity index (χ0v) is 11.0. The number of aromatic nitrogens is 3.